The van der Waals surface area contributed by atoms with Crippen LogP contribution in [0.1, 0.15) is 5.56 Å². The highest BCUT2D eigenvalue weighted by molar-refractivity contribution is 6.17. The Kier molecular flexibility index (Phi) is 3.59. The number of benzene rings is 2. The van der Waals surface area contributed by atoms with Gasteiger partial charge in [0.2, 0.25) is 0 Å². The fraction of sp³-hybridized carbons (Fsp3) is 0.0769. The van der Waals surface area contributed by atoms with Crippen LogP contribution in [0.3, 0.4) is 0 Å². The second kappa shape index (κ2) is 5.15. The van der Waals surface area contributed by atoms with Crippen molar-refractivity contribution in [1.29, 1.82) is 0 Å². The molecule has 2 rings (SSSR count). The van der Waals surface area contributed by atoms with Crippen LogP contribution in [-0.2, 0) is 5.88 Å². The maximum Gasteiger partial charge on any atom is 0.133 e. The molecule has 0 saturated carbocycles. The normalized spacial score (nSPS) is 10.3. The van der Waals surface area contributed by atoms with Crippen LogP contribution < -0.4 is 4.74 Å². The van der Waals surface area contributed by atoms with Gasteiger partial charge in [-0.15, -0.1) is 11.6 Å². The molecule has 0 saturated heterocycles. The number of hydrogen-bond donors (Lipinski definition) is 0. The minimum absolute atomic E-state index is 0.120. The molecular weight excluding hydrogens is 246 g/mol. The zero-order chi connectivity index (χ0) is 12.3. The molecule has 0 amide bonds. The van der Waals surface area contributed by atoms with Gasteiger partial charge in [0.1, 0.15) is 23.1 Å². The van der Waals surface area contributed by atoms with Crippen LogP contribution in [-0.4, -0.2) is 0 Å². The Labute approximate surface area is 103 Å². The largest absolute Gasteiger partial charge is 0.457 e. The minimum atomic E-state index is -0.673. The SMILES string of the molecule is Fc1cc(F)cc(Oc2cccc(CCl)c2)c1. The van der Waals surface area contributed by atoms with Gasteiger partial charge in [-0.05, 0) is 17.7 Å². The molecule has 2 aromatic carbocycles. The molecule has 0 atom stereocenters. The van der Waals surface area contributed by atoms with Crippen LogP contribution in [0.4, 0.5) is 8.78 Å². The summed E-state index contributed by atoms with van der Waals surface area (Å²) in [5.41, 5.74) is 0.876. The molecular formula is C13H9ClF2O. The summed E-state index contributed by atoms with van der Waals surface area (Å²) in [4.78, 5) is 0. The lowest BCUT2D eigenvalue weighted by Crippen LogP contribution is -1.88. The van der Waals surface area contributed by atoms with Gasteiger partial charge in [0.25, 0.3) is 0 Å². The Morgan fingerprint density at radius 3 is 2.29 bits per heavy atom. The average molecular weight is 255 g/mol. The van der Waals surface area contributed by atoms with Crippen molar-refractivity contribution in [2.45, 2.75) is 5.88 Å². The first-order valence-electron chi connectivity index (χ1n) is 4.96. The van der Waals surface area contributed by atoms with Crippen molar-refractivity contribution in [2.75, 3.05) is 0 Å². The molecule has 0 fully saturated rings. The molecule has 0 radical (unpaired) electrons. The van der Waals surface area contributed by atoms with Crippen molar-refractivity contribution in [1.82, 2.24) is 0 Å². The van der Waals surface area contributed by atoms with Crippen molar-refractivity contribution in [3.05, 3.63) is 59.7 Å². The van der Waals surface area contributed by atoms with Crippen LogP contribution in [0.2, 0.25) is 0 Å². The third kappa shape index (κ3) is 3.17. The van der Waals surface area contributed by atoms with Crippen LogP contribution in [0.25, 0.3) is 0 Å². The Morgan fingerprint density at radius 2 is 1.65 bits per heavy atom. The van der Waals surface area contributed by atoms with E-state index in [4.69, 9.17) is 16.3 Å². The summed E-state index contributed by atoms with van der Waals surface area (Å²) in [7, 11) is 0. The average Bonchev–Trinajstić information content (AvgIpc) is 2.28. The van der Waals surface area contributed by atoms with Gasteiger partial charge >= 0.3 is 0 Å². The third-order valence-corrected chi connectivity index (χ3v) is 2.43. The maximum atomic E-state index is 12.9. The molecule has 1 nitrogen and oxygen atoms in total. The Hall–Kier alpha value is -1.61. The molecule has 4 heteroatoms. The molecule has 0 N–H and O–H groups in total. The summed E-state index contributed by atoms with van der Waals surface area (Å²) in [6, 6.07) is 10.1. The number of ether oxygens (including phenoxy) is 1. The second-order valence-electron chi connectivity index (χ2n) is 3.49. The molecule has 0 heterocycles. The number of rotatable bonds is 3. The fourth-order valence-corrected chi connectivity index (χ4v) is 1.58. The van der Waals surface area contributed by atoms with Crippen molar-refractivity contribution in [2.24, 2.45) is 0 Å². The highest BCUT2D eigenvalue weighted by Gasteiger charge is 2.03. The van der Waals surface area contributed by atoms with E-state index < -0.39 is 11.6 Å². The van der Waals surface area contributed by atoms with E-state index in [1.54, 1.807) is 18.2 Å². The van der Waals surface area contributed by atoms with E-state index in [2.05, 4.69) is 0 Å². The molecule has 0 unspecified atom stereocenters. The van der Waals surface area contributed by atoms with Gasteiger partial charge in [-0.3, -0.25) is 0 Å². The van der Waals surface area contributed by atoms with E-state index in [0.717, 1.165) is 23.8 Å². The number of hydrogen-bond acceptors (Lipinski definition) is 1. The van der Waals surface area contributed by atoms with E-state index in [1.807, 2.05) is 6.07 Å². The van der Waals surface area contributed by atoms with Crippen LogP contribution in [0.15, 0.2) is 42.5 Å². The van der Waals surface area contributed by atoms with Gasteiger partial charge in [-0.25, -0.2) is 8.78 Å². The van der Waals surface area contributed by atoms with Crippen LogP contribution >= 0.6 is 11.6 Å². The van der Waals surface area contributed by atoms with Gasteiger partial charge in [0.15, 0.2) is 0 Å². The van der Waals surface area contributed by atoms with E-state index in [1.165, 1.54) is 0 Å². The molecule has 0 bridgehead atoms. The summed E-state index contributed by atoms with van der Waals surface area (Å²) < 4.78 is 31.2. The Bertz CT molecular complexity index is 508. The van der Waals surface area contributed by atoms with E-state index in [-0.39, 0.29) is 5.75 Å². The van der Waals surface area contributed by atoms with Crippen molar-refractivity contribution < 1.29 is 13.5 Å². The predicted molar refractivity (Wildman–Crippen MR) is 62.4 cm³/mol. The van der Waals surface area contributed by atoms with Crippen molar-refractivity contribution >= 4 is 11.6 Å². The minimum Gasteiger partial charge on any atom is -0.457 e. The van der Waals surface area contributed by atoms with Gasteiger partial charge in [0.05, 0.1) is 0 Å². The first kappa shape index (κ1) is 11.9. The summed E-state index contributed by atoms with van der Waals surface area (Å²) in [6.07, 6.45) is 0. The van der Waals surface area contributed by atoms with E-state index >= 15 is 0 Å². The smallest absolute Gasteiger partial charge is 0.133 e. The summed E-state index contributed by atoms with van der Waals surface area (Å²) >= 11 is 5.68. The van der Waals surface area contributed by atoms with E-state index in [9.17, 15) is 8.78 Å². The molecule has 2 aromatic rings. The molecule has 0 aliphatic heterocycles. The standard InChI is InChI=1S/C13H9ClF2O/c14-8-9-2-1-3-12(4-9)17-13-6-10(15)5-11(16)7-13/h1-7H,8H2. The highest BCUT2D eigenvalue weighted by atomic mass is 35.5. The van der Waals surface area contributed by atoms with Gasteiger partial charge in [-0.1, -0.05) is 12.1 Å². The molecule has 0 aliphatic carbocycles. The zero-order valence-corrected chi connectivity index (χ0v) is 9.55. The second-order valence-corrected chi connectivity index (χ2v) is 3.76. The van der Waals surface area contributed by atoms with E-state index in [0.29, 0.717) is 11.6 Å². The van der Waals surface area contributed by atoms with Gasteiger partial charge < -0.3 is 4.74 Å². The van der Waals surface area contributed by atoms with Crippen LogP contribution in [0, 0.1) is 11.6 Å². The lowest BCUT2D eigenvalue weighted by atomic mass is 10.2. The lowest BCUT2D eigenvalue weighted by molar-refractivity contribution is 0.468. The quantitative estimate of drug-likeness (QED) is 0.733. The molecule has 0 spiro atoms. The first-order valence-corrected chi connectivity index (χ1v) is 5.49. The first-order chi connectivity index (χ1) is 8.17. The predicted octanol–water partition coefficient (Wildman–Crippen LogP) is 4.50. The third-order valence-electron chi connectivity index (χ3n) is 2.12. The zero-order valence-electron chi connectivity index (χ0n) is 8.79. The maximum absolute atomic E-state index is 12.9. The molecule has 88 valence electrons. The lowest BCUT2D eigenvalue weighted by Gasteiger charge is -2.07. The number of alkyl halides is 1. The summed E-state index contributed by atoms with van der Waals surface area (Å²) in [5.74, 6) is -0.376. The van der Waals surface area contributed by atoms with Crippen molar-refractivity contribution in [3.63, 3.8) is 0 Å². The Balaban J connectivity index is 2.24. The summed E-state index contributed by atoms with van der Waals surface area (Å²) in [6.45, 7) is 0. The molecule has 0 aromatic heterocycles. The molecule has 17 heavy (non-hydrogen) atoms. The fourth-order valence-electron chi connectivity index (χ4n) is 1.42. The topological polar surface area (TPSA) is 9.23 Å². The van der Waals surface area contributed by atoms with Crippen LogP contribution in [0.5, 0.6) is 11.5 Å². The van der Waals surface area contributed by atoms with Gasteiger partial charge in [-0.2, -0.15) is 0 Å². The summed E-state index contributed by atoms with van der Waals surface area (Å²) in [5, 5.41) is 0. The van der Waals surface area contributed by atoms with Crippen molar-refractivity contribution in [3.8, 4) is 11.5 Å². The monoisotopic (exact) mass is 254 g/mol. The Morgan fingerprint density at radius 1 is 0.941 bits per heavy atom. The molecule has 0 aliphatic rings. The number of halogens is 3. The highest BCUT2D eigenvalue weighted by Crippen LogP contribution is 2.24. The van der Waals surface area contributed by atoms with Gasteiger partial charge in [0, 0.05) is 24.1 Å².